The maximum atomic E-state index is 11.7. The summed E-state index contributed by atoms with van der Waals surface area (Å²) in [5.74, 6) is -1.22. The van der Waals surface area contributed by atoms with E-state index >= 15 is 0 Å². The number of carboxylic acid groups (broad SMARTS) is 1. The van der Waals surface area contributed by atoms with Gasteiger partial charge < -0.3 is 16.2 Å². The van der Waals surface area contributed by atoms with Crippen LogP contribution in [0.25, 0.3) is 0 Å². The molecule has 5 nitrogen and oxygen atoms in total. The van der Waals surface area contributed by atoms with Crippen molar-refractivity contribution in [3.63, 3.8) is 0 Å². The molecule has 1 amide bonds. The number of rotatable bonds is 2. The van der Waals surface area contributed by atoms with Gasteiger partial charge in [-0.3, -0.25) is 4.79 Å². The van der Waals surface area contributed by atoms with Crippen molar-refractivity contribution in [2.45, 2.75) is 20.8 Å². The molecule has 0 atom stereocenters. The Morgan fingerprint density at radius 3 is 2.29 bits per heavy atom. The van der Waals surface area contributed by atoms with Gasteiger partial charge in [0.1, 0.15) is 0 Å². The van der Waals surface area contributed by atoms with Gasteiger partial charge in [0, 0.05) is 5.41 Å². The van der Waals surface area contributed by atoms with E-state index in [1.165, 1.54) is 18.2 Å². The summed E-state index contributed by atoms with van der Waals surface area (Å²) in [5.41, 5.74) is 5.90. The molecule has 0 saturated heterocycles. The Kier molecular flexibility index (Phi) is 3.41. The SMILES string of the molecule is CC(C)(C)C(=O)Nc1ccc(C(=O)O)cc1N. The molecule has 0 spiro atoms. The lowest BCUT2D eigenvalue weighted by atomic mass is 9.95. The molecular formula is C12H16N2O3. The van der Waals surface area contributed by atoms with Gasteiger partial charge in [0.2, 0.25) is 5.91 Å². The summed E-state index contributed by atoms with van der Waals surface area (Å²) in [5, 5.41) is 11.4. The Hall–Kier alpha value is -2.04. The second-order valence-corrected chi connectivity index (χ2v) is 4.81. The van der Waals surface area contributed by atoms with Crippen molar-refractivity contribution in [3.8, 4) is 0 Å². The molecule has 0 aliphatic rings. The number of nitrogens with one attached hydrogen (secondary N) is 1. The number of carbonyl (C=O) groups excluding carboxylic acids is 1. The second kappa shape index (κ2) is 4.45. The quantitative estimate of drug-likeness (QED) is 0.684. The number of nitrogens with two attached hydrogens (primary N) is 1. The fourth-order valence-corrected chi connectivity index (χ4v) is 1.12. The zero-order valence-corrected chi connectivity index (χ0v) is 10.1. The van der Waals surface area contributed by atoms with Crippen molar-refractivity contribution in [2.24, 2.45) is 5.41 Å². The van der Waals surface area contributed by atoms with Crippen LogP contribution in [-0.2, 0) is 4.79 Å². The van der Waals surface area contributed by atoms with E-state index in [1.807, 2.05) is 0 Å². The minimum atomic E-state index is -1.05. The molecule has 0 aromatic heterocycles. The van der Waals surface area contributed by atoms with Gasteiger partial charge in [0.05, 0.1) is 16.9 Å². The topological polar surface area (TPSA) is 92.4 Å². The minimum Gasteiger partial charge on any atom is -0.478 e. The largest absolute Gasteiger partial charge is 0.478 e. The Balaban J connectivity index is 2.95. The molecular weight excluding hydrogens is 220 g/mol. The van der Waals surface area contributed by atoms with Crippen molar-refractivity contribution in [2.75, 3.05) is 11.1 Å². The standard InChI is InChI=1S/C12H16N2O3/c1-12(2,3)11(17)14-9-5-4-7(10(15)16)6-8(9)13/h4-6H,13H2,1-3H3,(H,14,17)(H,15,16). The summed E-state index contributed by atoms with van der Waals surface area (Å²) in [4.78, 5) is 22.4. The first-order valence-electron chi connectivity index (χ1n) is 5.16. The van der Waals surface area contributed by atoms with Crippen LogP contribution in [-0.4, -0.2) is 17.0 Å². The van der Waals surface area contributed by atoms with Gasteiger partial charge in [-0.1, -0.05) is 20.8 Å². The van der Waals surface area contributed by atoms with Gasteiger partial charge in [0.15, 0.2) is 0 Å². The van der Waals surface area contributed by atoms with Crippen LogP contribution in [0.5, 0.6) is 0 Å². The summed E-state index contributed by atoms with van der Waals surface area (Å²) in [6.45, 7) is 5.35. The van der Waals surface area contributed by atoms with E-state index in [-0.39, 0.29) is 17.2 Å². The molecule has 1 rings (SSSR count). The predicted octanol–water partition coefficient (Wildman–Crippen LogP) is 1.95. The van der Waals surface area contributed by atoms with Crippen LogP contribution in [0.2, 0.25) is 0 Å². The number of benzene rings is 1. The smallest absolute Gasteiger partial charge is 0.335 e. The van der Waals surface area contributed by atoms with Crippen molar-refractivity contribution < 1.29 is 14.7 Å². The molecule has 0 saturated carbocycles. The van der Waals surface area contributed by atoms with Crippen LogP contribution in [0.3, 0.4) is 0 Å². The van der Waals surface area contributed by atoms with Crippen molar-refractivity contribution in [1.29, 1.82) is 0 Å². The first kappa shape index (κ1) is 13.0. The van der Waals surface area contributed by atoms with Gasteiger partial charge in [-0.05, 0) is 18.2 Å². The van der Waals surface area contributed by atoms with Crippen LogP contribution >= 0.6 is 0 Å². The van der Waals surface area contributed by atoms with Crippen LogP contribution in [0, 0.1) is 5.41 Å². The van der Waals surface area contributed by atoms with Crippen LogP contribution in [0.4, 0.5) is 11.4 Å². The maximum absolute atomic E-state index is 11.7. The summed E-state index contributed by atoms with van der Waals surface area (Å²) >= 11 is 0. The third kappa shape index (κ3) is 3.21. The number of nitrogen functional groups attached to an aromatic ring is 1. The van der Waals surface area contributed by atoms with Gasteiger partial charge in [-0.25, -0.2) is 4.79 Å². The van der Waals surface area contributed by atoms with E-state index in [0.717, 1.165) is 0 Å². The third-order valence-electron chi connectivity index (χ3n) is 2.23. The Morgan fingerprint density at radius 2 is 1.88 bits per heavy atom. The molecule has 0 fully saturated rings. The lowest BCUT2D eigenvalue weighted by Crippen LogP contribution is -2.28. The van der Waals surface area contributed by atoms with Gasteiger partial charge in [-0.2, -0.15) is 0 Å². The zero-order chi connectivity index (χ0) is 13.2. The molecule has 0 aliphatic carbocycles. The Bertz CT molecular complexity index is 461. The highest BCUT2D eigenvalue weighted by atomic mass is 16.4. The fraction of sp³-hybridized carbons (Fsp3) is 0.333. The number of carboxylic acids is 1. The lowest BCUT2D eigenvalue weighted by Gasteiger charge is -2.18. The number of amides is 1. The van der Waals surface area contributed by atoms with E-state index in [0.29, 0.717) is 5.69 Å². The fourth-order valence-electron chi connectivity index (χ4n) is 1.12. The monoisotopic (exact) mass is 236 g/mol. The molecule has 1 aromatic carbocycles. The normalized spacial score (nSPS) is 11.0. The second-order valence-electron chi connectivity index (χ2n) is 4.81. The van der Waals surface area contributed by atoms with Gasteiger partial charge in [0.25, 0.3) is 0 Å². The molecule has 92 valence electrons. The molecule has 0 bridgehead atoms. The molecule has 0 radical (unpaired) electrons. The number of hydrogen-bond donors (Lipinski definition) is 3. The molecule has 5 heteroatoms. The number of anilines is 2. The Morgan fingerprint density at radius 1 is 1.29 bits per heavy atom. The number of hydrogen-bond acceptors (Lipinski definition) is 3. The zero-order valence-electron chi connectivity index (χ0n) is 10.1. The minimum absolute atomic E-state index is 0.0938. The van der Waals surface area contributed by atoms with Crippen LogP contribution < -0.4 is 11.1 Å². The highest BCUT2D eigenvalue weighted by Gasteiger charge is 2.21. The van der Waals surface area contributed by atoms with Crippen molar-refractivity contribution in [3.05, 3.63) is 23.8 Å². The molecule has 0 unspecified atom stereocenters. The van der Waals surface area contributed by atoms with Crippen LogP contribution in [0.15, 0.2) is 18.2 Å². The molecule has 0 aliphatic heterocycles. The number of aromatic carboxylic acids is 1. The average molecular weight is 236 g/mol. The van der Waals surface area contributed by atoms with Crippen molar-refractivity contribution >= 4 is 23.3 Å². The summed E-state index contributed by atoms with van der Waals surface area (Å²) in [6.07, 6.45) is 0. The van der Waals surface area contributed by atoms with E-state index in [9.17, 15) is 9.59 Å². The van der Waals surface area contributed by atoms with E-state index in [4.69, 9.17) is 10.8 Å². The molecule has 1 aromatic rings. The third-order valence-corrected chi connectivity index (χ3v) is 2.23. The van der Waals surface area contributed by atoms with Gasteiger partial charge in [-0.15, -0.1) is 0 Å². The molecule has 17 heavy (non-hydrogen) atoms. The van der Waals surface area contributed by atoms with E-state index in [1.54, 1.807) is 20.8 Å². The predicted molar refractivity (Wildman–Crippen MR) is 65.9 cm³/mol. The summed E-state index contributed by atoms with van der Waals surface area (Å²) in [7, 11) is 0. The van der Waals surface area contributed by atoms with Crippen LogP contribution in [0.1, 0.15) is 31.1 Å². The first-order valence-corrected chi connectivity index (χ1v) is 5.16. The van der Waals surface area contributed by atoms with Crippen molar-refractivity contribution in [1.82, 2.24) is 0 Å². The number of carbonyl (C=O) groups is 2. The summed E-state index contributed by atoms with van der Waals surface area (Å²) in [6, 6.07) is 4.21. The molecule has 4 N–H and O–H groups in total. The van der Waals surface area contributed by atoms with E-state index < -0.39 is 11.4 Å². The van der Waals surface area contributed by atoms with Gasteiger partial charge >= 0.3 is 5.97 Å². The van der Waals surface area contributed by atoms with E-state index in [2.05, 4.69) is 5.32 Å². The first-order chi connectivity index (χ1) is 7.71. The maximum Gasteiger partial charge on any atom is 0.335 e. The average Bonchev–Trinajstić information content (AvgIpc) is 2.19. The summed E-state index contributed by atoms with van der Waals surface area (Å²) < 4.78 is 0. The highest BCUT2D eigenvalue weighted by Crippen LogP contribution is 2.23. The lowest BCUT2D eigenvalue weighted by molar-refractivity contribution is -0.123. The highest BCUT2D eigenvalue weighted by molar-refractivity contribution is 5.98. The Labute approximate surface area is 99.6 Å². The molecule has 0 heterocycles.